The fraction of sp³-hybridized carbons (Fsp3) is 0.200. The van der Waals surface area contributed by atoms with Crippen LogP contribution in [0, 0.1) is 10.1 Å². The Balaban J connectivity index is 1.91. The van der Waals surface area contributed by atoms with Crippen LogP contribution in [0.4, 0.5) is 17.1 Å². The summed E-state index contributed by atoms with van der Waals surface area (Å²) in [5, 5.41) is 29.6. The molecular formula is C10H9N7O4. The molecule has 2 heterocycles. The summed E-state index contributed by atoms with van der Waals surface area (Å²) in [4.78, 5) is 21.8. The molecule has 1 aliphatic rings. The zero-order valence-electron chi connectivity index (χ0n) is 10.5. The van der Waals surface area contributed by atoms with E-state index in [-0.39, 0.29) is 36.2 Å². The maximum Gasteiger partial charge on any atom is 0.296 e. The number of hydrogen-bond donors (Lipinski definition) is 3. The number of hydrogen-bond acceptors (Lipinski definition) is 8. The van der Waals surface area contributed by atoms with Gasteiger partial charge in [-0.3, -0.25) is 14.9 Å². The van der Waals surface area contributed by atoms with Crippen LogP contribution in [0.15, 0.2) is 12.1 Å². The Morgan fingerprint density at radius 1 is 1.48 bits per heavy atom. The van der Waals surface area contributed by atoms with Gasteiger partial charge in [0.2, 0.25) is 0 Å². The predicted molar refractivity (Wildman–Crippen MR) is 68.7 cm³/mol. The number of amides is 1. The van der Waals surface area contributed by atoms with Gasteiger partial charge in [0.15, 0.2) is 18.2 Å². The number of nitrogens with zero attached hydrogens (tertiary/aromatic N) is 4. The van der Waals surface area contributed by atoms with E-state index in [1.807, 2.05) is 0 Å². The first-order valence-corrected chi connectivity index (χ1v) is 5.85. The molecule has 0 fully saturated rings. The molecule has 3 rings (SSSR count). The zero-order valence-corrected chi connectivity index (χ0v) is 10.5. The Hall–Kier alpha value is -3.24. The highest BCUT2D eigenvalue weighted by atomic mass is 16.6. The third kappa shape index (κ3) is 2.56. The second-order valence-electron chi connectivity index (χ2n) is 4.14. The van der Waals surface area contributed by atoms with Gasteiger partial charge in [0, 0.05) is 0 Å². The predicted octanol–water partition coefficient (Wildman–Crippen LogP) is 0.0509. The van der Waals surface area contributed by atoms with Crippen molar-refractivity contribution in [2.24, 2.45) is 0 Å². The minimum atomic E-state index is -0.543. The Morgan fingerprint density at radius 2 is 2.33 bits per heavy atom. The third-order valence-electron chi connectivity index (χ3n) is 2.75. The number of aromatic nitrogens is 4. The summed E-state index contributed by atoms with van der Waals surface area (Å²) in [5.41, 5.74) is 0.412. The van der Waals surface area contributed by atoms with Crippen molar-refractivity contribution in [3.63, 3.8) is 0 Å². The number of ether oxygens (including phenoxy) is 1. The quantitative estimate of drug-likeness (QED) is 0.528. The molecular weight excluding hydrogens is 282 g/mol. The monoisotopic (exact) mass is 291 g/mol. The van der Waals surface area contributed by atoms with Gasteiger partial charge in [-0.15, -0.1) is 10.2 Å². The number of benzene rings is 1. The molecule has 0 saturated carbocycles. The summed E-state index contributed by atoms with van der Waals surface area (Å²) in [6, 6.07) is 2.69. The van der Waals surface area contributed by atoms with Crippen LogP contribution < -0.4 is 15.4 Å². The minimum absolute atomic E-state index is 0.144. The number of fused-ring (bicyclic) bond motifs is 1. The van der Waals surface area contributed by atoms with E-state index in [1.54, 1.807) is 0 Å². The third-order valence-corrected chi connectivity index (χ3v) is 2.75. The number of carbonyl (C=O) groups is 1. The lowest BCUT2D eigenvalue weighted by molar-refractivity contribution is -0.384. The Labute approximate surface area is 116 Å². The van der Waals surface area contributed by atoms with Gasteiger partial charge in [0.25, 0.3) is 11.6 Å². The number of nitro benzene ring substituents is 1. The average Bonchev–Trinajstić information content (AvgIpc) is 2.97. The summed E-state index contributed by atoms with van der Waals surface area (Å²) in [5.74, 6) is 0.286. The molecule has 0 bridgehead atoms. The average molecular weight is 291 g/mol. The van der Waals surface area contributed by atoms with Gasteiger partial charge in [-0.05, 0) is 6.07 Å². The van der Waals surface area contributed by atoms with Crippen LogP contribution in [0.3, 0.4) is 0 Å². The standard InChI is InChI=1S/C10H9N7O4/c18-10-4-21-8-2-7(17(19)20)5(1-6(8)12-10)11-3-9-13-15-16-14-9/h1-2,11H,3-4H2,(H,12,18)(H,13,14,15,16). The zero-order chi connectivity index (χ0) is 14.8. The van der Waals surface area contributed by atoms with Crippen LogP contribution in [0.5, 0.6) is 5.75 Å². The Bertz CT molecular complexity index is 700. The van der Waals surface area contributed by atoms with Gasteiger partial charge in [0.05, 0.1) is 23.2 Å². The highest BCUT2D eigenvalue weighted by Gasteiger charge is 2.23. The van der Waals surface area contributed by atoms with E-state index >= 15 is 0 Å². The first-order valence-electron chi connectivity index (χ1n) is 5.85. The van der Waals surface area contributed by atoms with Crippen molar-refractivity contribution < 1.29 is 14.5 Å². The number of anilines is 2. The second kappa shape index (κ2) is 5.03. The van der Waals surface area contributed by atoms with Gasteiger partial charge in [-0.1, -0.05) is 5.21 Å². The molecule has 1 aromatic heterocycles. The molecule has 1 aromatic carbocycles. The van der Waals surface area contributed by atoms with Gasteiger partial charge in [-0.25, -0.2) is 0 Å². The molecule has 0 atom stereocenters. The molecule has 0 saturated heterocycles. The fourth-order valence-corrected chi connectivity index (χ4v) is 1.84. The van der Waals surface area contributed by atoms with Crippen molar-refractivity contribution >= 4 is 23.0 Å². The number of carbonyl (C=O) groups excluding carboxylic acids is 1. The second-order valence-corrected chi connectivity index (χ2v) is 4.14. The molecule has 11 heteroatoms. The van der Waals surface area contributed by atoms with Gasteiger partial charge in [-0.2, -0.15) is 5.21 Å². The van der Waals surface area contributed by atoms with Crippen LogP contribution in [0.1, 0.15) is 5.82 Å². The molecule has 0 radical (unpaired) electrons. The molecule has 0 spiro atoms. The van der Waals surface area contributed by atoms with Crippen molar-refractivity contribution in [1.82, 2.24) is 20.6 Å². The molecule has 11 nitrogen and oxygen atoms in total. The number of nitro groups is 1. The largest absolute Gasteiger partial charge is 0.481 e. The first kappa shape index (κ1) is 12.8. The highest BCUT2D eigenvalue weighted by Crippen LogP contribution is 2.37. The lowest BCUT2D eigenvalue weighted by atomic mass is 10.2. The molecule has 1 amide bonds. The summed E-state index contributed by atoms with van der Waals surface area (Å²) in [7, 11) is 0. The van der Waals surface area contributed by atoms with E-state index in [9.17, 15) is 14.9 Å². The molecule has 2 aromatic rings. The number of tetrazole rings is 1. The molecule has 1 aliphatic heterocycles. The molecule has 108 valence electrons. The molecule has 3 N–H and O–H groups in total. The normalized spacial score (nSPS) is 13.0. The molecule has 0 aliphatic carbocycles. The van der Waals surface area contributed by atoms with Gasteiger partial charge < -0.3 is 15.4 Å². The smallest absolute Gasteiger partial charge is 0.296 e. The van der Waals surface area contributed by atoms with Crippen LogP contribution in [0.25, 0.3) is 0 Å². The van der Waals surface area contributed by atoms with E-state index in [0.29, 0.717) is 11.5 Å². The van der Waals surface area contributed by atoms with Gasteiger partial charge in [0.1, 0.15) is 5.69 Å². The maximum atomic E-state index is 11.3. The van der Waals surface area contributed by atoms with Crippen molar-refractivity contribution in [3.8, 4) is 5.75 Å². The number of rotatable bonds is 4. The number of aromatic amines is 1. The highest BCUT2D eigenvalue weighted by molar-refractivity contribution is 5.96. The summed E-state index contributed by atoms with van der Waals surface area (Å²) < 4.78 is 5.15. The topological polar surface area (TPSA) is 148 Å². The van der Waals surface area contributed by atoms with E-state index < -0.39 is 4.92 Å². The Morgan fingerprint density at radius 3 is 3.05 bits per heavy atom. The van der Waals surface area contributed by atoms with Crippen molar-refractivity contribution in [3.05, 3.63) is 28.1 Å². The van der Waals surface area contributed by atoms with E-state index in [0.717, 1.165) is 0 Å². The first-order chi connectivity index (χ1) is 10.1. The number of H-pyrrole nitrogens is 1. The fourth-order valence-electron chi connectivity index (χ4n) is 1.84. The van der Waals surface area contributed by atoms with Crippen LogP contribution >= 0.6 is 0 Å². The van der Waals surface area contributed by atoms with E-state index in [4.69, 9.17) is 4.74 Å². The van der Waals surface area contributed by atoms with Gasteiger partial charge >= 0.3 is 0 Å². The SMILES string of the molecule is O=C1COc2cc([N+](=O)[O-])c(NCc3nn[nH]n3)cc2N1. The van der Waals surface area contributed by atoms with Crippen LogP contribution in [-0.4, -0.2) is 38.1 Å². The molecule has 21 heavy (non-hydrogen) atoms. The van der Waals surface area contributed by atoms with Crippen LogP contribution in [0.2, 0.25) is 0 Å². The van der Waals surface area contributed by atoms with Crippen molar-refractivity contribution in [2.75, 3.05) is 17.2 Å². The summed E-state index contributed by atoms with van der Waals surface area (Å²) >= 11 is 0. The minimum Gasteiger partial charge on any atom is -0.481 e. The maximum absolute atomic E-state index is 11.3. The van der Waals surface area contributed by atoms with E-state index in [1.165, 1.54) is 12.1 Å². The van der Waals surface area contributed by atoms with E-state index in [2.05, 4.69) is 31.3 Å². The summed E-state index contributed by atoms with van der Waals surface area (Å²) in [6.45, 7) is -0.0231. The number of nitrogens with one attached hydrogen (secondary N) is 3. The molecule has 0 unspecified atom stereocenters. The van der Waals surface area contributed by atoms with Crippen molar-refractivity contribution in [1.29, 1.82) is 0 Å². The lowest BCUT2D eigenvalue weighted by Gasteiger charge is -2.18. The summed E-state index contributed by atoms with van der Waals surface area (Å²) in [6.07, 6.45) is 0. The Kier molecular flexibility index (Phi) is 3.06. The lowest BCUT2D eigenvalue weighted by Crippen LogP contribution is -2.25. The van der Waals surface area contributed by atoms with Crippen molar-refractivity contribution in [2.45, 2.75) is 6.54 Å². The van der Waals surface area contributed by atoms with Crippen LogP contribution in [-0.2, 0) is 11.3 Å².